The highest BCUT2D eigenvalue weighted by atomic mass is 19.4. The molecule has 0 aromatic heterocycles. The number of halogens is 12. The summed E-state index contributed by atoms with van der Waals surface area (Å²) in [6, 6.07) is 16.8. The molecule has 0 unspecified atom stereocenters. The van der Waals surface area contributed by atoms with Crippen LogP contribution < -0.4 is 0 Å². The SMILES string of the molecule is CC1=C2C(=NC3=C(CC1)C(=C(C#N)C#N)c1cc(-c4cc(C(F)(F)F)cc(C(F)(F)F)c4)ccc13)c1ccc(-c3cc(C(F)(F)F)cc(C(F)(F)F)c3)cc1C2=C(C#N)C#N. The number of hydrogen-bond acceptors (Lipinski definition) is 5. The average molecular weight is 846 g/mol. The highest BCUT2D eigenvalue weighted by Gasteiger charge is 2.41. The van der Waals surface area contributed by atoms with Gasteiger partial charge in [-0.3, -0.25) is 0 Å². The maximum Gasteiger partial charge on any atom is 0.416 e. The maximum atomic E-state index is 13.8. The molecule has 1 heterocycles. The van der Waals surface area contributed by atoms with Gasteiger partial charge in [0.2, 0.25) is 0 Å². The van der Waals surface area contributed by atoms with Gasteiger partial charge in [0, 0.05) is 27.8 Å². The van der Waals surface area contributed by atoms with Gasteiger partial charge in [-0.15, -0.1) is 0 Å². The lowest BCUT2D eigenvalue weighted by atomic mass is 9.89. The molecule has 0 fully saturated rings. The molecule has 0 amide bonds. The second-order valence-corrected chi connectivity index (χ2v) is 14.0. The van der Waals surface area contributed by atoms with Crippen LogP contribution in [0.2, 0.25) is 0 Å². The molecule has 0 spiro atoms. The van der Waals surface area contributed by atoms with E-state index < -0.39 is 69.2 Å². The Labute approximate surface area is 337 Å². The van der Waals surface area contributed by atoms with Crippen LogP contribution in [0.4, 0.5) is 52.7 Å². The molecule has 2 aliphatic carbocycles. The number of allylic oxidation sites excluding steroid dienone is 7. The Morgan fingerprint density at radius 3 is 1.28 bits per heavy atom. The van der Waals surface area contributed by atoms with Gasteiger partial charge in [0.25, 0.3) is 0 Å². The van der Waals surface area contributed by atoms with Crippen LogP contribution in [0.3, 0.4) is 0 Å². The summed E-state index contributed by atoms with van der Waals surface area (Å²) in [5.74, 6) is 0. The van der Waals surface area contributed by atoms with E-state index in [9.17, 15) is 73.7 Å². The fourth-order valence-corrected chi connectivity index (χ4v) is 7.62. The van der Waals surface area contributed by atoms with Crippen LogP contribution in [0, 0.1) is 45.3 Å². The fourth-order valence-electron chi connectivity index (χ4n) is 7.62. The minimum atomic E-state index is -5.16. The summed E-state index contributed by atoms with van der Waals surface area (Å²) in [5, 5.41) is 40.3. The molecule has 304 valence electrons. The number of aliphatic imine (C=N–C) groups is 1. The standard InChI is InChI=1S/C44H19F12N5/c1-20-2-5-33-37(25(16-57)17-58)34-12-21(23-8-27(41(45,46)47)14-28(9-23)42(48,49)50)3-6-31(34)39(33)61-40-32-7-4-22(13-35(32)38(36(20)40)26(18-59)19-60)24-10-29(43(51,52)53)15-30(11-24)44(54,55)56/h3-4,6-15H,2,5H2,1H3. The zero-order chi connectivity index (χ0) is 44.6. The maximum absolute atomic E-state index is 13.8. The van der Waals surface area contributed by atoms with Gasteiger partial charge in [-0.2, -0.15) is 73.7 Å². The highest BCUT2D eigenvalue weighted by molar-refractivity contribution is 6.32. The van der Waals surface area contributed by atoms with Crippen molar-refractivity contribution in [3.8, 4) is 46.5 Å². The Morgan fingerprint density at radius 1 is 0.475 bits per heavy atom. The van der Waals surface area contributed by atoms with E-state index in [2.05, 4.69) is 0 Å². The van der Waals surface area contributed by atoms with E-state index >= 15 is 0 Å². The first kappa shape index (κ1) is 41.8. The number of nitrogens with zero attached hydrogens (tertiary/aromatic N) is 5. The molecule has 5 nitrogen and oxygen atoms in total. The van der Waals surface area contributed by atoms with Gasteiger partial charge in [-0.05, 0) is 107 Å². The van der Waals surface area contributed by atoms with Gasteiger partial charge in [0.05, 0.1) is 33.7 Å². The van der Waals surface area contributed by atoms with Crippen LogP contribution in [-0.2, 0) is 24.7 Å². The van der Waals surface area contributed by atoms with Gasteiger partial charge >= 0.3 is 24.7 Å². The Bertz CT molecular complexity index is 2860. The third-order valence-corrected chi connectivity index (χ3v) is 10.4. The van der Waals surface area contributed by atoms with Gasteiger partial charge < -0.3 is 0 Å². The lowest BCUT2D eigenvalue weighted by molar-refractivity contribution is -0.144. The number of nitriles is 4. The number of benzene rings is 4. The van der Waals surface area contributed by atoms with Crippen LogP contribution in [0.25, 0.3) is 39.1 Å². The summed E-state index contributed by atoms with van der Waals surface area (Å²) in [6.45, 7) is 1.61. The molecule has 0 bridgehead atoms. The molecule has 61 heavy (non-hydrogen) atoms. The van der Waals surface area contributed by atoms with Crippen LogP contribution in [0.1, 0.15) is 64.3 Å². The Hall–Kier alpha value is -7.37. The highest BCUT2D eigenvalue weighted by Crippen LogP contribution is 2.52. The summed E-state index contributed by atoms with van der Waals surface area (Å²) in [6.07, 6.45) is -20.6. The normalized spacial score (nSPS) is 15.0. The largest absolute Gasteiger partial charge is 0.416 e. The first-order chi connectivity index (χ1) is 28.5. The molecular weight excluding hydrogens is 826 g/mol. The van der Waals surface area contributed by atoms with Crippen molar-refractivity contribution in [2.24, 2.45) is 4.99 Å². The van der Waals surface area contributed by atoms with Crippen molar-refractivity contribution < 1.29 is 52.7 Å². The molecule has 0 N–H and O–H groups in total. The molecule has 1 aliphatic heterocycles. The molecule has 0 saturated carbocycles. The van der Waals surface area contributed by atoms with Crippen molar-refractivity contribution >= 4 is 22.6 Å². The smallest absolute Gasteiger partial charge is 0.247 e. The number of fused-ring (bicyclic) bond motifs is 5. The van der Waals surface area contributed by atoms with Crippen LogP contribution in [-0.4, -0.2) is 5.71 Å². The van der Waals surface area contributed by atoms with Crippen molar-refractivity contribution in [2.45, 2.75) is 44.5 Å². The molecule has 17 heteroatoms. The summed E-state index contributed by atoms with van der Waals surface area (Å²) in [4.78, 5) is 4.92. The van der Waals surface area contributed by atoms with Crippen molar-refractivity contribution in [3.05, 3.63) is 145 Å². The summed E-state index contributed by atoms with van der Waals surface area (Å²) < 4.78 is 166. The van der Waals surface area contributed by atoms with Crippen molar-refractivity contribution in [3.63, 3.8) is 0 Å². The molecule has 0 atom stereocenters. The summed E-state index contributed by atoms with van der Waals surface area (Å²) in [5.41, 5.74) is -6.80. The first-order valence-corrected chi connectivity index (χ1v) is 17.5. The first-order valence-electron chi connectivity index (χ1n) is 17.5. The number of rotatable bonds is 2. The molecular formula is C44H19F12N5. The van der Waals surface area contributed by atoms with E-state index in [0.29, 0.717) is 29.8 Å². The van der Waals surface area contributed by atoms with E-state index in [0.717, 1.165) is 0 Å². The van der Waals surface area contributed by atoms with Gasteiger partial charge in [-0.1, -0.05) is 29.8 Å². The van der Waals surface area contributed by atoms with Gasteiger partial charge in [0.15, 0.2) is 0 Å². The van der Waals surface area contributed by atoms with E-state index in [1.165, 1.54) is 36.4 Å². The fraction of sp³-hybridized carbons (Fsp3) is 0.159. The van der Waals surface area contributed by atoms with E-state index in [4.69, 9.17) is 4.99 Å². The van der Waals surface area contributed by atoms with Crippen LogP contribution in [0.5, 0.6) is 0 Å². The van der Waals surface area contributed by atoms with E-state index in [1.54, 1.807) is 31.2 Å². The quantitative estimate of drug-likeness (QED) is 0.148. The lowest BCUT2D eigenvalue weighted by Crippen LogP contribution is -2.11. The molecule has 7 rings (SSSR count). The molecule has 0 saturated heterocycles. The predicted octanol–water partition coefficient (Wildman–Crippen LogP) is 13.0. The van der Waals surface area contributed by atoms with Crippen molar-refractivity contribution in [1.29, 1.82) is 21.0 Å². The minimum Gasteiger partial charge on any atom is -0.247 e. The van der Waals surface area contributed by atoms with E-state index in [1.807, 2.05) is 0 Å². The second kappa shape index (κ2) is 14.4. The molecule has 3 aliphatic rings. The van der Waals surface area contributed by atoms with Crippen molar-refractivity contribution in [2.75, 3.05) is 0 Å². The molecule has 0 radical (unpaired) electrons. The number of hydrogen-bond donors (Lipinski definition) is 0. The molecule has 4 aromatic rings. The molecule has 4 aromatic carbocycles. The zero-order valence-corrected chi connectivity index (χ0v) is 30.6. The third kappa shape index (κ3) is 7.33. The van der Waals surface area contributed by atoms with Gasteiger partial charge in [-0.25, -0.2) is 4.99 Å². The number of alkyl halides is 12. The van der Waals surface area contributed by atoms with E-state index in [-0.39, 0.29) is 92.1 Å². The van der Waals surface area contributed by atoms with Crippen LogP contribution in [0.15, 0.2) is 106 Å². The minimum absolute atomic E-state index is 0.00422. The Kier molecular flexibility index (Phi) is 9.88. The zero-order valence-electron chi connectivity index (χ0n) is 30.6. The summed E-state index contributed by atoms with van der Waals surface area (Å²) >= 11 is 0. The monoisotopic (exact) mass is 845 g/mol. The Morgan fingerprint density at radius 2 is 0.869 bits per heavy atom. The average Bonchev–Trinajstić information content (AvgIpc) is 3.66. The van der Waals surface area contributed by atoms with Gasteiger partial charge in [0.1, 0.15) is 35.4 Å². The third-order valence-electron chi connectivity index (χ3n) is 10.4. The van der Waals surface area contributed by atoms with Crippen molar-refractivity contribution in [1.82, 2.24) is 0 Å². The Balaban J connectivity index is 1.48. The second-order valence-electron chi connectivity index (χ2n) is 14.0. The van der Waals surface area contributed by atoms with Crippen LogP contribution >= 0.6 is 0 Å². The lowest BCUT2D eigenvalue weighted by Gasteiger charge is -2.16. The summed E-state index contributed by atoms with van der Waals surface area (Å²) in [7, 11) is 0. The predicted molar refractivity (Wildman–Crippen MR) is 195 cm³/mol. The topological polar surface area (TPSA) is 108 Å².